The van der Waals surface area contributed by atoms with E-state index in [1.54, 1.807) is 0 Å². The van der Waals surface area contributed by atoms with Crippen molar-refractivity contribution in [3.05, 3.63) is 178 Å². The third-order valence-corrected chi connectivity index (χ3v) is 8.25. The van der Waals surface area contributed by atoms with Crippen LogP contribution < -0.4 is 0 Å². The van der Waals surface area contributed by atoms with E-state index in [0.29, 0.717) is 12.1 Å². The lowest BCUT2D eigenvalue weighted by Crippen LogP contribution is -2.73. The molecule has 2 unspecified atom stereocenters. The largest absolute Gasteiger partial charge is 0.326 e. The van der Waals surface area contributed by atoms with Gasteiger partial charge >= 0.3 is 0 Å². The van der Waals surface area contributed by atoms with E-state index in [4.69, 9.17) is 0 Å². The van der Waals surface area contributed by atoms with Crippen LogP contribution in [0.15, 0.2) is 140 Å². The van der Waals surface area contributed by atoms with Crippen molar-refractivity contribution in [1.82, 2.24) is 9.80 Å². The summed E-state index contributed by atoms with van der Waals surface area (Å²) in [6, 6.07) is 45.4. The average Bonchev–Trinajstić information content (AvgIpc) is 3.04. The Hall–Kier alpha value is -4.96. The van der Waals surface area contributed by atoms with Crippen molar-refractivity contribution in [2.45, 2.75) is 38.5 Å². The van der Waals surface area contributed by atoms with Crippen LogP contribution in [0.1, 0.15) is 49.8 Å². The lowest BCUT2D eigenvalue weighted by atomic mass is 9.68. The molecule has 2 amide bonds. The molecular formula is C38H34N2O2. The summed E-state index contributed by atoms with van der Waals surface area (Å²) in [4.78, 5) is 33.3. The van der Waals surface area contributed by atoms with Crippen LogP contribution >= 0.6 is 0 Å². The van der Waals surface area contributed by atoms with E-state index in [1.165, 1.54) is 0 Å². The molecular weight excluding hydrogens is 516 g/mol. The molecule has 0 aliphatic carbocycles. The minimum Gasteiger partial charge on any atom is -0.326 e. The van der Waals surface area contributed by atoms with E-state index >= 15 is 0 Å². The third-order valence-electron chi connectivity index (χ3n) is 8.25. The molecule has 0 aromatic heterocycles. The van der Waals surface area contributed by atoms with Gasteiger partial charge in [0.15, 0.2) is 5.54 Å². The zero-order valence-electron chi connectivity index (χ0n) is 24.0. The SMILES string of the molecule is Cc1ccc(C2N(Cc3ccccc3)C(=O)C2(c2ccc(C)cc2)N(Cc2ccccc2)C(=O)c2ccccc2)cc1. The molecule has 0 spiro atoms. The summed E-state index contributed by atoms with van der Waals surface area (Å²) in [6.45, 7) is 4.83. The first-order chi connectivity index (χ1) is 20.5. The van der Waals surface area contributed by atoms with Gasteiger partial charge in [-0.05, 0) is 48.2 Å². The van der Waals surface area contributed by atoms with Crippen LogP contribution in [0.25, 0.3) is 0 Å². The lowest BCUT2D eigenvalue weighted by molar-refractivity contribution is -0.179. The topological polar surface area (TPSA) is 40.6 Å². The van der Waals surface area contributed by atoms with E-state index in [9.17, 15) is 9.59 Å². The molecule has 6 rings (SSSR count). The molecule has 1 heterocycles. The summed E-state index contributed by atoms with van der Waals surface area (Å²) in [6.07, 6.45) is 0. The summed E-state index contributed by atoms with van der Waals surface area (Å²) in [5.41, 5.74) is 5.36. The molecule has 208 valence electrons. The predicted molar refractivity (Wildman–Crippen MR) is 167 cm³/mol. The van der Waals surface area contributed by atoms with Crippen LogP contribution in [0.2, 0.25) is 0 Å². The van der Waals surface area contributed by atoms with E-state index in [1.807, 2.05) is 132 Å². The van der Waals surface area contributed by atoms with Gasteiger partial charge < -0.3 is 9.80 Å². The molecule has 0 bridgehead atoms. The highest BCUT2D eigenvalue weighted by molar-refractivity contribution is 6.03. The van der Waals surface area contributed by atoms with Crippen molar-refractivity contribution in [3.8, 4) is 0 Å². The standard InChI is InChI=1S/C38H34N2O2/c1-28-18-22-32(23-19-28)35-38(34-24-20-29(2)21-25-34,37(42)39(35)26-30-12-6-3-7-13-30)40(27-31-14-8-4-9-15-31)36(41)33-16-10-5-11-17-33/h3-25,35H,26-27H2,1-2H3. The van der Waals surface area contributed by atoms with Crippen LogP contribution in [0.4, 0.5) is 0 Å². The fourth-order valence-corrected chi connectivity index (χ4v) is 6.09. The molecule has 1 aliphatic rings. The maximum atomic E-state index is 14.9. The molecule has 0 N–H and O–H groups in total. The Bertz CT molecular complexity index is 1670. The van der Waals surface area contributed by atoms with Gasteiger partial charge in [0.25, 0.3) is 11.8 Å². The molecule has 4 heteroatoms. The normalized spacial score (nSPS) is 17.9. The maximum Gasteiger partial charge on any atom is 0.256 e. The maximum absolute atomic E-state index is 14.9. The minimum absolute atomic E-state index is 0.0824. The van der Waals surface area contributed by atoms with Crippen LogP contribution in [-0.2, 0) is 23.4 Å². The summed E-state index contributed by atoms with van der Waals surface area (Å²) >= 11 is 0. The molecule has 2 atom stereocenters. The number of carbonyl (C=O) groups is 2. The first kappa shape index (κ1) is 27.2. The Labute approximate surface area is 247 Å². The van der Waals surface area contributed by atoms with Crippen molar-refractivity contribution in [2.75, 3.05) is 0 Å². The van der Waals surface area contributed by atoms with Gasteiger partial charge in [-0.1, -0.05) is 139 Å². The number of rotatable bonds is 8. The Morgan fingerprint density at radius 3 is 1.74 bits per heavy atom. The Morgan fingerprint density at radius 2 is 1.17 bits per heavy atom. The molecule has 5 aromatic rings. The van der Waals surface area contributed by atoms with E-state index < -0.39 is 11.6 Å². The summed E-state index contributed by atoms with van der Waals surface area (Å²) in [7, 11) is 0. The number of carbonyl (C=O) groups excluding carboxylic acids is 2. The second-order valence-electron chi connectivity index (χ2n) is 11.1. The monoisotopic (exact) mass is 550 g/mol. The van der Waals surface area contributed by atoms with Crippen molar-refractivity contribution >= 4 is 11.8 Å². The van der Waals surface area contributed by atoms with Crippen molar-refractivity contribution < 1.29 is 9.59 Å². The number of nitrogens with zero attached hydrogens (tertiary/aromatic N) is 2. The van der Waals surface area contributed by atoms with Crippen LogP contribution in [0.3, 0.4) is 0 Å². The zero-order valence-corrected chi connectivity index (χ0v) is 24.0. The quantitative estimate of drug-likeness (QED) is 0.186. The molecule has 1 fully saturated rings. The van der Waals surface area contributed by atoms with Crippen LogP contribution in [0.5, 0.6) is 0 Å². The molecule has 0 saturated carbocycles. The molecule has 1 saturated heterocycles. The highest BCUT2D eigenvalue weighted by atomic mass is 16.2. The minimum atomic E-state index is -1.25. The van der Waals surface area contributed by atoms with Crippen LogP contribution in [-0.4, -0.2) is 21.6 Å². The fourth-order valence-electron chi connectivity index (χ4n) is 6.09. The van der Waals surface area contributed by atoms with Gasteiger partial charge in [-0.3, -0.25) is 9.59 Å². The average molecular weight is 551 g/mol. The van der Waals surface area contributed by atoms with E-state index in [-0.39, 0.29) is 18.4 Å². The number of aryl methyl sites for hydroxylation is 2. The van der Waals surface area contributed by atoms with Crippen LogP contribution in [0, 0.1) is 13.8 Å². The van der Waals surface area contributed by atoms with Crippen molar-refractivity contribution in [2.24, 2.45) is 0 Å². The van der Waals surface area contributed by atoms with Gasteiger partial charge in [0.05, 0.1) is 6.04 Å². The highest BCUT2D eigenvalue weighted by Gasteiger charge is 2.66. The van der Waals surface area contributed by atoms with Gasteiger partial charge in [-0.15, -0.1) is 0 Å². The number of hydrogen-bond donors (Lipinski definition) is 0. The lowest BCUT2D eigenvalue weighted by Gasteiger charge is -2.60. The Morgan fingerprint density at radius 1 is 0.667 bits per heavy atom. The van der Waals surface area contributed by atoms with Gasteiger partial charge in [-0.25, -0.2) is 0 Å². The Kier molecular flexibility index (Phi) is 7.45. The van der Waals surface area contributed by atoms with Crippen molar-refractivity contribution in [3.63, 3.8) is 0 Å². The van der Waals surface area contributed by atoms with Gasteiger partial charge in [0.1, 0.15) is 0 Å². The zero-order chi connectivity index (χ0) is 29.1. The van der Waals surface area contributed by atoms with Crippen molar-refractivity contribution in [1.29, 1.82) is 0 Å². The molecule has 42 heavy (non-hydrogen) atoms. The third kappa shape index (κ3) is 4.90. The molecule has 0 radical (unpaired) electrons. The first-order valence-electron chi connectivity index (χ1n) is 14.4. The molecule has 4 nitrogen and oxygen atoms in total. The summed E-state index contributed by atoms with van der Waals surface area (Å²) in [5, 5.41) is 0. The molecule has 5 aromatic carbocycles. The Balaban J connectivity index is 1.59. The number of amides is 2. The second kappa shape index (κ2) is 11.5. The molecule has 1 aliphatic heterocycles. The van der Waals surface area contributed by atoms with Gasteiger partial charge in [0, 0.05) is 18.7 Å². The summed E-state index contributed by atoms with van der Waals surface area (Å²) in [5.74, 6) is -0.258. The van der Waals surface area contributed by atoms with Gasteiger partial charge in [-0.2, -0.15) is 0 Å². The second-order valence-corrected chi connectivity index (χ2v) is 11.1. The fraction of sp³-hybridized carbons (Fsp3) is 0.158. The smallest absolute Gasteiger partial charge is 0.256 e. The van der Waals surface area contributed by atoms with E-state index in [2.05, 4.69) is 31.2 Å². The highest BCUT2D eigenvalue weighted by Crippen LogP contribution is 2.55. The van der Waals surface area contributed by atoms with Gasteiger partial charge in [0.2, 0.25) is 0 Å². The summed E-state index contributed by atoms with van der Waals surface area (Å²) < 4.78 is 0. The number of likely N-dealkylation sites (tertiary alicyclic amines) is 1. The predicted octanol–water partition coefficient (Wildman–Crippen LogP) is 7.63. The number of benzene rings is 5. The number of β-lactam (4-membered cyclic amide) rings is 1. The van der Waals surface area contributed by atoms with E-state index in [0.717, 1.165) is 33.4 Å². The first-order valence-corrected chi connectivity index (χ1v) is 14.4. The number of hydrogen-bond acceptors (Lipinski definition) is 2.